The van der Waals surface area contributed by atoms with Crippen LogP contribution < -0.4 is 5.32 Å². The molecule has 0 saturated heterocycles. The topological polar surface area (TPSA) is 66.4 Å². The molecule has 2 rings (SSSR count). The quantitative estimate of drug-likeness (QED) is 0.832. The van der Waals surface area contributed by atoms with Crippen LogP contribution in [0.25, 0.3) is 0 Å². The largest absolute Gasteiger partial charge is 0.481 e. The number of amides is 1. The van der Waals surface area contributed by atoms with Crippen LogP contribution in [0.4, 0.5) is 5.69 Å². The van der Waals surface area contributed by atoms with Crippen LogP contribution in [0, 0.1) is 0 Å². The molecule has 0 bridgehead atoms. The highest BCUT2D eigenvalue weighted by Gasteiger charge is 2.26. The van der Waals surface area contributed by atoms with E-state index in [2.05, 4.69) is 5.32 Å². The average Bonchev–Trinajstić information content (AvgIpc) is 2.18. The Morgan fingerprint density at radius 2 is 2.31 bits per heavy atom. The van der Waals surface area contributed by atoms with Crippen molar-refractivity contribution in [2.75, 3.05) is 5.32 Å². The maximum atomic E-state index is 11.4. The molecular formula is C11H10ClNO3. The molecule has 0 aromatic heterocycles. The van der Waals surface area contributed by atoms with Crippen LogP contribution in [0.2, 0.25) is 5.02 Å². The Hall–Kier alpha value is -1.55. The van der Waals surface area contributed by atoms with Crippen LogP contribution in [0.15, 0.2) is 18.2 Å². The molecule has 1 aliphatic heterocycles. The van der Waals surface area contributed by atoms with E-state index in [-0.39, 0.29) is 24.7 Å². The summed E-state index contributed by atoms with van der Waals surface area (Å²) in [7, 11) is 0. The van der Waals surface area contributed by atoms with Gasteiger partial charge in [-0.1, -0.05) is 11.6 Å². The first-order chi connectivity index (χ1) is 7.56. The number of carbonyl (C=O) groups is 2. The lowest BCUT2D eigenvalue weighted by Crippen LogP contribution is -2.24. The lowest BCUT2D eigenvalue weighted by molar-refractivity contribution is -0.137. The van der Waals surface area contributed by atoms with Gasteiger partial charge in [-0.3, -0.25) is 9.59 Å². The number of nitrogens with one attached hydrogen (secondary N) is 1. The standard InChI is InChI=1S/C11H10ClNO3/c12-7-1-2-9-8(5-7)6(4-11(15)16)3-10(14)13-9/h1-2,5-6H,3-4H2,(H,13,14)(H,15,16). The Morgan fingerprint density at radius 3 is 3.00 bits per heavy atom. The van der Waals surface area contributed by atoms with E-state index in [1.165, 1.54) is 0 Å². The minimum absolute atomic E-state index is 0.0548. The molecule has 5 heteroatoms. The number of hydrogen-bond donors (Lipinski definition) is 2. The Labute approximate surface area is 97.2 Å². The molecule has 1 unspecified atom stereocenters. The van der Waals surface area contributed by atoms with Gasteiger partial charge in [-0.2, -0.15) is 0 Å². The lowest BCUT2D eigenvalue weighted by atomic mass is 9.88. The number of benzene rings is 1. The third-order valence-electron chi connectivity index (χ3n) is 2.58. The summed E-state index contributed by atoms with van der Waals surface area (Å²) in [6, 6.07) is 5.08. The van der Waals surface area contributed by atoms with Crippen molar-refractivity contribution in [3.63, 3.8) is 0 Å². The molecule has 0 radical (unpaired) electrons. The third-order valence-corrected chi connectivity index (χ3v) is 2.82. The van der Waals surface area contributed by atoms with Crippen molar-refractivity contribution in [2.24, 2.45) is 0 Å². The van der Waals surface area contributed by atoms with E-state index in [9.17, 15) is 9.59 Å². The molecule has 0 fully saturated rings. The molecule has 16 heavy (non-hydrogen) atoms. The fourth-order valence-corrected chi connectivity index (χ4v) is 2.09. The number of carboxylic acid groups (broad SMARTS) is 1. The van der Waals surface area contributed by atoms with Gasteiger partial charge in [0.25, 0.3) is 0 Å². The van der Waals surface area contributed by atoms with Crippen LogP contribution in [-0.4, -0.2) is 17.0 Å². The smallest absolute Gasteiger partial charge is 0.303 e. The Balaban J connectivity index is 2.39. The second kappa shape index (κ2) is 4.14. The maximum absolute atomic E-state index is 11.4. The lowest BCUT2D eigenvalue weighted by Gasteiger charge is -2.24. The minimum atomic E-state index is -0.911. The van der Waals surface area contributed by atoms with E-state index in [4.69, 9.17) is 16.7 Å². The zero-order valence-electron chi connectivity index (χ0n) is 8.37. The summed E-state index contributed by atoms with van der Waals surface area (Å²) in [6.07, 6.45) is 0.139. The van der Waals surface area contributed by atoms with Gasteiger partial charge in [-0.25, -0.2) is 0 Å². The molecule has 1 aliphatic rings. The highest BCUT2D eigenvalue weighted by atomic mass is 35.5. The first kappa shape index (κ1) is 11.0. The number of aliphatic carboxylic acids is 1. The molecule has 2 N–H and O–H groups in total. The average molecular weight is 240 g/mol. The molecule has 0 spiro atoms. The van der Waals surface area contributed by atoms with Gasteiger partial charge < -0.3 is 10.4 Å². The van der Waals surface area contributed by atoms with Crippen LogP contribution in [0.1, 0.15) is 24.3 Å². The minimum Gasteiger partial charge on any atom is -0.481 e. The van der Waals surface area contributed by atoms with Crippen molar-refractivity contribution < 1.29 is 14.7 Å². The first-order valence-corrected chi connectivity index (χ1v) is 5.25. The Bertz CT molecular complexity index is 459. The molecule has 1 amide bonds. The van der Waals surface area contributed by atoms with Gasteiger partial charge in [-0.15, -0.1) is 0 Å². The van der Waals surface area contributed by atoms with E-state index in [1.807, 2.05) is 0 Å². The number of carbonyl (C=O) groups excluding carboxylic acids is 1. The molecule has 0 saturated carbocycles. The summed E-state index contributed by atoms with van der Waals surface area (Å²) >= 11 is 5.85. The Morgan fingerprint density at radius 1 is 1.56 bits per heavy atom. The summed E-state index contributed by atoms with van der Waals surface area (Å²) < 4.78 is 0. The second-order valence-corrected chi connectivity index (χ2v) is 4.22. The predicted octanol–water partition coefficient (Wildman–Crippen LogP) is 2.24. The van der Waals surface area contributed by atoms with E-state index in [0.29, 0.717) is 10.7 Å². The van der Waals surface area contributed by atoms with Gasteiger partial charge in [-0.05, 0) is 23.8 Å². The number of hydrogen-bond acceptors (Lipinski definition) is 2. The van der Waals surface area contributed by atoms with Crippen LogP contribution in [-0.2, 0) is 9.59 Å². The number of fused-ring (bicyclic) bond motifs is 1. The van der Waals surface area contributed by atoms with E-state index < -0.39 is 5.97 Å². The highest BCUT2D eigenvalue weighted by molar-refractivity contribution is 6.30. The molecule has 4 nitrogen and oxygen atoms in total. The van der Waals surface area contributed by atoms with E-state index in [1.54, 1.807) is 18.2 Å². The SMILES string of the molecule is O=C(O)CC1CC(=O)Nc2ccc(Cl)cc21. The van der Waals surface area contributed by atoms with Gasteiger partial charge in [0, 0.05) is 23.0 Å². The summed E-state index contributed by atoms with van der Waals surface area (Å²) in [5.41, 5.74) is 1.46. The van der Waals surface area contributed by atoms with Crippen molar-refractivity contribution in [3.05, 3.63) is 28.8 Å². The summed E-state index contributed by atoms with van der Waals surface area (Å²) in [5.74, 6) is -1.35. The van der Waals surface area contributed by atoms with E-state index in [0.717, 1.165) is 5.56 Å². The first-order valence-electron chi connectivity index (χ1n) is 4.87. The number of anilines is 1. The molecular weight excluding hydrogens is 230 g/mol. The van der Waals surface area contributed by atoms with Crippen molar-refractivity contribution in [1.29, 1.82) is 0 Å². The third kappa shape index (κ3) is 2.17. The van der Waals surface area contributed by atoms with Gasteiger partial charge in [0.2, 0.25) is 5.91 Å². The predicted molar refractivity (Wildman–Crippen MR) is 59.7 cm³/mol. The Kier molecular flexibility index (Phi) is 2.83. The van der Waals surface area contributed by atoms with Crippen molar-refractivity contribution >= 4 is 29.2 Å². The number of halogens is 1. The van der Waals surface area contributed by atoms with Crippen molar-refractivity contribution in [1.82, 2.24) is 0 Å². The number of carboxylic acids is 1. The summed E-state index contributed by atoms with van der Waals surface area (Å²) in [5, 5.41) is 12.0. The highest BCUT2D eigenvalue weighted by Crippen LogP contribution is 2.35. The molecule has 1 atom stereocenters. The van der Waals surface area contributed by atoms with E-state index >= 15 is 0 Å². The van der Waals surface area contributed by atoms with Crippen molar-refractivity contribution in [2.45, 2.75) is 18.8 Å². The van der Waals surface area contributed by atoms with Crippen LogP contribution in [0.5, 0.6) is 0 Å². The fourth-order valence-electron chi connectivity index (χ4n) is 1.91. The van der Waals surface area contributed by atoms with Gasteiger partial charge in [0.1, 0.15) is 0 Å². The van der Waals surface area contributed by atoms with Crippen LogP contribution >= 0.6 is 11.6 Å². The fraction of sp³-hybridized carbons (Fsp3) is 0.273. The second-order valence-electron chi connectivity index (χ2n) is 3.78. The molecule has 84 valence electrons. The molecule has 0 aliphatic carbocycles. The zero-order chi connectivity index (χ0) is 11.7. The molecule has 1 aromatic rings. The van der Waals surface area contributed by atoms with Gasteiger partial charge >= 0.3 is 5.97 Å². The summed E-state index contributed by atoms with van der Waals surface area (Å²) in [6.45, 7) is 0. The summed E-state index contributed by atoms with van der Waals surface area (Å²) in [4.78, 5) is 22.1. The van der Waals surface area contributed by atoms with Crippen LogP contribution in [0.3, 0.4) is 0 Å². The van der Waals surface area contributed by atoms with Gasteiger partial charge in [0.15, 0.2) is 0 Å². The van der Waals surface area contributed by atoms with Crippen molar-refractivity contribution in [3.8, 4) is 0 Å². The molecule has 1 aromatic carbocycles. The number of rotatable bonds is 2. The molecule has 1 heterocycles. The monoisotopic (exact) mass is 239 g/mol. The van der Waals surface area contributed by atoms with Gasteiger partial charge in [0.05, 0.1) is 6.42 Å². The normalized spacial score (nSPS) is 18.8. The zero-order valence-corrected chi connectivity index (χ0v) is 9.12. The maximum Gasteiger partial charge on any atom is 0.303 e.